The second-order valence-electron chi connectivity index (χ2n) is 5.59. The Morgan fingerprint density at radius 2 is 2.05 bits per heavy atom. The van der Waals surface area contributed by atoms with Crippen molar-refractivity contribution in [3.05, 3.63) is 40.9 Å². The van der Waals surface area contributed by atoms with Crippen LogP contribution in [-0.4, -0.2) is 18.4 Å². The summed E-state index contributed by atoms with van der Waals surface area (Å²) < 4.78 is 5.16. The van der Waals surface area contributed by atoms with Crippen LogP contribution >= 0.6 is 11.6 Å². The predicted octanol–water partition coefficient (Wildman–Crippen LogP) is 4.44. The normalized spacial score (nSPS) is 22.0. The maximum absolute atomic E-state index is 12.4. The number of ketones is 1. The summed E-state index contributed by atoms with van der Waals surface area (Å²) >= 11 is 5.86. The van der Waals surface area contributed by atoms with Crippen LogP contribution in [0.25, 0.3) is 6.08 Å². The van der Waals surface area contributed by atoms with E-state index in [-0.39, 0.29) is 11.8 Å². The highest BCUT2D eigenvalue weighted by Crippen LogP contribution is 2.38. The first-order valence-corrected chi connectivity index (χ1v) is 8.09. The van der Waals surface area contributed by atoms with Gasteiger partial charge in [-0.25, -0.2) is 0 Å². The van der Waals surface area contributed by atoms with Gasteiger partial charge in [-0.2, -0.15) is 0 Å². The fourth-order valence-electron chi connectivity index (χ4n) is 2.85. The van der Waals surface area contributed by atoms with Gasteiger partial charge >= 0.3 is 5.97 Å². The fourth-order valence-corrected chi connectivity index (χ4v) is 2.97. The number of hydrogen-bond acceptors (Lipinski definition) is 3. The maximum Gasteiger partial charge on any atom is 0.319 e. The van der Waals surface area contributed by atoms with Gasteiger partial charge in [0, 0.05) is 11.4 Å². The van der Waals surface area contributed by atoms with Crippen molar-refractivity contribution in [1.82, 2.24) is 0 Å². The van der Waals surface area contributed by atoms with Crippen molar-refractivity contribution < 1.29 is 14.3 Å². The van der Waals surface area contributed by atoms with Crippen LogP contribution in [0.5, 0.6) is 0 Å². The van der Waals surface area contributed by atoms with Crippen LogP contribution in [0.2, 0.25) is 5.02 Å². The molecule has 0 heterocycles. The number of rotatable bonds is 5. The molecule has 1 fully saturated rings. The number of carbonyl (C=O) groups is 2. The van der Waals surface area contributed by atoms with Crippen molar-refractivity contribution in [3.63, 3.8) is 0 Å². The molecule has 1 aromatic carbocycles. The lowest BCUT2D eigenvalue weighted by Gasteiger charge is -2.32. The predicted molar refractivity (Wildman–Crippen MR) is 87.6 cm³/mol. The summed E-state index contributed by atoms with van der Waals surface area (Å²) in [6.45, 7) is 2.07. The molecule has 0 amide bonds. The third kappa shape index (κ3) is 3.77. The van der Waals surface area contributed by atoms with Gasteiger partial charge in [-0.3, -0.25) is 9.59 Å². The Morgan fingerprint density at radius 3 is 2.68 bits per heavy atom. The summed E-state index contributed by atoms with van der Waals surface area (Å²) in [4.78, 5) is 24.7. The number of esters is 1. The number of allylic oxidation sites excluding steroid dienone is 1. The van der Waals surface area contributed by atoms with E-state index in [1.165, 1.54) is 0 Å². The smallest absolute Gasteiger partial charge is 0.319 e. The number of carbonyl (C=O) groups excluding carboxylic acids is 2. The summed E-state index contributed by atoms with van der Waals surface area (Å²) in [5.74, 6) is -0.363. The molecule has 0 N–H and O–H groups in total. The quantitative estimate of drug-likeness (QED) is 0.595. The third-order valence-corrected chi connectivity index (χ3v) is 4.36. The summed E-state index contributed by atoms with van der Waals surface area (Å²) in [7, 11) is 0. The van der Waals surface area contributed by atoms with Crippen LogP contribution in [0.15, 0.2) is 30.3 Å². The van der Waals surface area contributed by atoms with Gasteiger partial charge in [0.15, 0.2) is 0 Å². The summed E-state index contributed by atoms with van der Waals surface area (Å²) in [5.41, 5.74) is 0.00338. The Hall–Kier alpha value is -1.61. The second-order valence-corrected chi connectivity index (χ2v) is 6.03. The number of ether oxygens (including phenoxy) is 1. The molecule has 3 nitrogen and oxygen atoms in total. The molecule has 1 aliphatic rings. The zero-order valence-corrected chi connectivity index (χ0v) is 13.6. The molecule has 1 aliphatic carbocycles. The van der Waals surface area contributed by atoms with E-state index in [9.17, 15) is 9.59 Å². The van der Waals surface area contributed by atoms with E-state index in [1.807, 2.05) is 36.4 Å². The standard InChI is InChI=1S/C18H21ClO3/c1-2-22-17(21)18(12-4-3-7-16(18)20)13-5-6-14-8-10-15(19)11-9-14/h5-6,8-11H,2-4,7,12-13H2,1H3/b6-5+. The summed E-state index contributed by atoms with van der Waals surface area (Å²) in [6.07, 6.45) is 7.00. The van der Waals surface area contributed by atoms with Crippen molar-refractivity contribution in [3.8, 4) is 0 Å². The summed E-state index contributed by atoms with van der Waals surface area (Å²) in [5, 5.41) is 0.683. The molecule has 1 unspecified atom stereocenters. The molecule has 0 saturated heterocycles. The van der Waals surface area contributed by atoms with Crippen molar-refractivity contribution >= 4 is 29.4 Å². The number of Topliss-reactive ketones (excluding diaryl/α,β-unsaturated/α-hetero) is 1. The lowest BCUT2D eigenvalue weighted by atomic mass is 9.70. The third-order valence-electron chi connectivity index (χ3n) is 4.10. The summed E-state index contributed by atoms with van der Waals surface area (Å²) in [6, 6.07) is 7.43. The van der Waals surface area contributed by atoms with E-state index in [0.29, 0.717) is 30.9 Å². The van der Waals surface area contributed by atoms with Gasteiger partial charge in [-0.15, -0.1) is 0 Å². The van der Waals surface area contributed by atoms with E-state index < -0.39 is 5.41 Å². The van der Waals surface area contributed by atoms with Crippen LogP contribution in [0.3, 0.4) is 0 Å². The minimum atomic E-state index is -0.989. The van der Waals surface area contributed by atoms with Gasteiger partial charge in [0.25, 0.3) is 0 Å². The molecule has 0 aromatic heterocycles. The van der Waals surface area contributed by atoms with Gasteiger partial charge in [0.05, 0.1) is 6.61 Å². The van der Waals surface area contributed by atoms with Gasteiger partial charge in [-0.05, 0) is 43.9 Å². The SMILES string of the molecule is CCOC(=O)C1(C/C=C/c2ccc(Cl)cc2)CCCCC1=O. The van der Waals surface area contributed by atoms with Gasteiger partial charge < -0.3 is 4.74 Å². The molecule has 4 heteroatoms. The first-order chi connectivity index (χ1) is 10.6. The van der Waals surface area contributed by atoms with Crippen molar-refractivity contribution in [1.29, 1.82) is 0 Å². The van der Waals surface area contributed by atoms with Crippen molar-refractivity contribution in [2.24, 2.45) is 5.41 Å². The highest BCUT2D eigenvalue weighted by Gasteiger charge is 2.46. The molecule has 0 bridgehead atoms. The van der Waals surface area contributed by atoms with E-state index in [1.54, 1.807) is 6.92 Å². The number of benzene rings is 1. The topological polar surface area (TPSA) is 43.4 Å². The molecule has 1 saturated carbocycles. The zero-order chi connectivity index (χ0) is 16.0. The maximum atomic E-state index is 12.4. The van der Waals surface area contributed by atoms with Crippen LogP contribution in [0, 0.1) is 5.41 Å². The van der Waals surface area contributed by atoms with Gasteiger partial charge in [0.1, 0.15) is 11.2 Å². The lowest BCUT2D eigenvalue weighted by Crippen LogP contribution is -2.42. The monoisotopic (exact) mass is 320 g/mol. The minimum absolute atomic E-state index is 0.0120. The van der Waals surface area contributed by atoms with Crippen LogP contribution in [0.4, 0.5) is 0 Å². The molecular formula is C18H21ClO3. The average Bonchev–Trinajstić information content (AvgIpc) is 2.51. The molecule has 0 aliphatic heterocycles. The molecule has 1 aromatic rings. The molecule has 118 valence electrons. The van der Waals surface area contributed by atoms with Crippen LogP contribution in [0.1, 0.15) is 44.6 Å². The Labute approximate surface area is 136 Å². The van der Waals surface area contributed by atoms with E-state index in [4.69, 9.17) is 16.3 Å². The highest BCUT2D eigenvalue weighted by molar-refractivity contribution is 6.30. The Morgan fingerprint density at radius 1 is 1.32 bits per heavy atom. The molecule has 2 rings (SSSR count). The zero-order valence-electron chi connectivity index (χ0n) is 12.8. The minimum Gasteiger partial charge on any atom is -0.465 e. The second kappa shape index (κ2) is 7.59. The van der Waals surface area contributed by atoms with Crippen molar-refractivity contribution in [2.45, 2.75) is 39.0 Å². The van der Waals surface area contributed by atoms with Gasteiger partial charge in [0.2, 0.25) is 0 Å². The first kappa shape index (κ1) is 16.8. The lowest BCUT2D eigenvalue weighted by molar-refractivity contribution is -0.162. The Bertz CT molecular complexity index is 562. The molecule has 0 spiro atoms. The fraction of sp³-hybridized carbons (Fsp3) is 0.444. The molecule has 1 atom stereocenters. The first-order valence-electron chi connectivity index (χ1n) is 7.71. The van der Waals surface area contributed by atoms with Crippen molar-refractivity contribution in [2.75, 3.05) is 6.61 Å². The Kier molecular flexibility index (Phi) is 5.78. The molecule has 0 radical (unpaired) electrons. The molecule has 22 heavy (non-hydrogen) atoms. The highest BCUT2D eigenvalue weighted by atomic mass is 35.5. The van der Waals surface area contributed by atoms with Gasteiger partial charge in [-0.1, -0.05) is 42.3 Å². The number of hydrogen-bond donors (Lipinski definition) is 0. The van der Waals surface area contributed by atoms with Crippen LogP contribution in [-0.2, 0) is 14.3 Å². The van der Waals surface area contributed by atoms with Crippen LogP contribution < -0.4 is 0 Å². The largest absolute Gasteiger partial charge is 0.465 e. The average molecular weight is 321 g/mol. The van der Waals surface area contributed by atoms with E-state index in [2.05, 4.69) is 0 Å². The van der Waals surface area contributed by atoms with E-state index in [0.717, 1.165) is 18.4 Å². The number of halogens is 1. The Balaban J connectivity index is 2.14. The molecular weight excluding hydrogens is 300 g/mol. The van der Waals surface area contributed by atoms with E-state index >= 15 is 0 Å².